The van der Waals surface area contributed by atoms with Crippen LogP contribution in [0.5, 0.6) is 0 Å². The molecular weight excluding hydrogens is 314 g/mol. The van der Waals surface area contributed by atoms with Crippen LogP contribution < -0.4 is 10.6 Å². The fraction of sp³-hybridized carbons (Fsp3) is 0.529. The van der Waals surface area contributed by atoms with Crippen molar-refractivity contribution >= 4 is 29.9 Å². The maximum atomic E-state index is 12.6. The molecule has 1 heterocycles. The molecule has 0 radical (unpaired) electrons. The van der Waals surface area contributed by atoms with Crippen LogP contribution in [0.15, 0.2) is 24.3 Å². The Morgan fingerprint density at radius 3 is 2.57 bits per heavy atom. The van der Waals surface area contributed by atoms with Gasteiger partial charge in [0, 0.05) is 30.8 Å². The van der Waals surface area contributed by atoms with Gasteiger partial charge >= 0.3 is 0 Å². The molecule has 0 spiro atoms. The quantitative estimate of drug-likeness (QED) is 0.866. The Morgan fingerprint density at radius 2 is 1.96 bits per heavy atom. The van der Waals surface area contributed by atoms with Crippen LogP contribution in [0.3, 0.4) is 0 Å². The molecule has 6 heteroatoms. The van der Waals surface area contributed by atoms with Crippen LogP contribution >= 0.6 is 12.4 Å². The lowest BCUT2D eigenvalue weighted by molar-refractivity contribution is -0.115. The zero-order chi connectivity index (χ0) is 15.9. The van der Waals surface area contributed by atoms with Crippen molar-refractivity contribution in [3.05, 3.63) is 29.8 Å². The lowest BCUT2D eigenvalue weighted by atomic mass is 9.96. The van der Waals surface area contributed by atoms with Crippen LogP contribution in [0.25, 0.3) is 0 Å². The number of hydrogen-bond donors (Lipinski definition) is 2. The number of anilines is 1. The molecule has 1 saturated heterocycles. The summed E-state index contributed by atoms with van der Waals surface area (Å²) in [4.78, 5) is 25.9. The van der Waals surface area contributed by atoms with E-state index in [1.165, 1.54) is 0 Å². The zero-order valence-electron chi connectivity index (χ0n) is 13.8. The third kappa shape index (κ3) is 5.52. The second-order valence-corrected chi connectivity index (χ2v) is 5.78. The number of likely N-dealkylation sites (tertiary alicyclic amines) is 1. The van der Waals surface area contributed by atoms with Crippen LogP contribution in [0, 0.1) is 5.92 Å². The second kappa shape index (κ2) is 9.53. The minimum Gasteiger partial charge on any atom is -0.339 e. The van der Waals surface area contributed by atoms with E-state index in [0.29, 0.717) is 23.6 Å². The molecule has 0 unspecified atom stereocenters. The van der Waals surface area contributed by atoms with Gasteiger partial charge in [-0.1, -0.05) is 13.0 Å². The molecule has 1 aromatic rings. The van der Waals surface area contributed by atoms with Gasteiger partial charge in [0.2, 0.25) is 5.91 Å². The Bertz CT molecular complexity index is 528. The zero-order valence-corrected chi connectivity index (χ0v) is 14.6. The number of rotatable bonds is 5. The predicted octanol–water partition coefficient (Wildman–Crippen LogP) is 2.53. The summed E-state index contributed by atoms with van der Waals surface area (Å²) in [6.45, 7) is 4.42. The normalized spacial score (nSPS) is 15.0. The first-order valence-corrected chi connectivity index (χ1v) is 7.97. The molecule has 1 aromatic carbocycles. The van der Waals surface area contributed by atoms with Crippen molar-refractivity contribution in [3.63, 3.8) is 0 Å². The first-order chi connectivity index (χ1) is 10.6. The summed E-state index contributed by atoms with van der Waals surface area (Å²) < 4.78 is 0. The number of nitrogens with zero attached hydrogens (tertiary/aromatic N) is 1. The van der Waals surface area contributed by atoms with E-state index < -0.39 is 0 Å². The van der Waals surface area contributed by atoms with Crippen LogP contribution in [0.4, 0.5) is 5.69 Å². The van der Waals surface area contributed by atoms with Crippen LogP contribution in [0.1, 0.15) is 36.5 Å². The van der Waals surface area contributed by atoms with E-state index in [0.717, 1.165) is 32.5 Å². The smallest absolute Gasteiger partial charge is 0.253 e. The van der Waals surface area contributed by atoms with Crippen LogP contribution in [-0.2, 0) is 4.79 Å². The summed E-state index contributed by atoms with van der Waals surface area (Å²) in [5, 5.41) is 6.00. The van der Waals surface area contributed by atoms with Gasteiger partial charge in [0.25, 0.3) is 5.91 Å². The van der Waals surface area contributed by atoms with E-state index in [4.69, 9.17) is 0 Å². The van der Waals surface area contributed by atoms with Crippen molar-refractivity contribution in [1.82, 2.24) is 10.2 Å². The Hall–Kier alpha value is -1.59. The molecule has 0 aliphatic carbocycles. The van der Waals surface area contributed by atoms with Gasteiger partial charge in [-0.3, -0.25) is 9.59 Å². The Labute approximate surface area is 144 Å². The highest BCUT2D eigenvalue weighted by Gasteiger charge is 2.23. The van der Waals surface area contributed by atoms with Crippen molar-refractivity contribution < 1.29 is 9.59 Å². The van der Waals surface area contributed by atoms with Crippen LogP contribution in [0.2, 0.25) is 0 Å². The molecule has 2 N–H and O–H groups in total. The molecule has 0 bridgehead atoms. The summed E-state index contributed by atoms with van der Waals surface area (Å²) in [7, 11) is 1.97. The maximum absolute atomic E-state index is 12.6. The molecule has 0 atom stereocenters. The predicted molar refractivity (Wildman–Crippen MR) is 95.2 cm³/mol. The molecule has 1 fully saturated rings. The lowest BCUT2D eigenvalue weighted by Crippen LogP contribution is -2.40. The number of carbonyl (C=O) groups is 2. The highest BCUT2D eigenvalue weighted by Crippen LogP contribution is 2.20. The summed E-state index contributed by atoms with van der Waals surface area (Å²) in [6, 6.07) is 7.19. The monoisotopic (exact) mass is 339 g/mol. The number of benzene rings is 1. The fourth-order valence-corrected chi connectivity index (χ4v) is 2.79. The molecule has 23 heavy (non-hydrogen) atoms. The molecule has 0 saturated carbocycles. The summed E-state index contributed by atoms with van der Waals surface area (Å²) in [5.41, 5.74) is 1.32. The van der Waals surface area contributed by atoms with E-state index in [9.17, 15) is 9.59 Å². The lowest BCUT2D eigenvalue weighted by Gasteiger charge is -2.32. The molecule has 2 rings (SSSR count). The van der Waals surface area contributed by atoms with Gasteiger partial charge in [0.05, 0.1) is 0 Å². The van der Waals surface area contributed by atoms with Gasteiger partial charge in [-0.2, -0.15) is 0 Å². The number of hydrogen-bond acceptors (Lipinski definition) is 3. The maximum Gasteiger partial charge on any atom is 0.253 e. The van der Waals surface area contributed by atoms with Crippen LogP contribution in [-0.4, -0.2) is 43.4 Å². The molecule has 1 aliphatic heterocycles. The minimum absolute atomic E-state index is 0. The second-order valence-electron chi connectivity index (χ2n) is 5.78. The fourth-order valence-electron chi connectivity index (χ4n) is 2.79. The van der Waals surface area contributed by atoms with E-state index in [1.54, 1.807) is 13.0 Å². The topological polar surface area (TPSA) is 61.4 Å². The van der Waals surface area contributed by atoms with E-state index in [1.807, 2.05) is 30.1 Å². The van der Waals surface area contributed by atoms with Crippen molar-refractivity contribution in [3.8, 4) is 0 Å². The standard InChI is InChI=1S/C17H25N3O2.ClH/c1-3-16(21)19-15-6-4-5-14(11-15)17(22)20-9-7-13(8-10-20)12-18-2;/h4-6,11,13,18H,3,7-10,12H2,1-2H3,(H,19,21);1H. The molecule has 128 valence electrons. The third-order valence-corrected chi connectivity index (χ3v) is 4.11. The van der Waals surface area contributed by atoms with E-state index in [-0.39, 0.29) is 24.2 Å². The van der Waals surface area contributed by atoms with Crippen molar-refractivity contribution in [2.45, 2.75) is 26.2 Å². The summed E-state index contributed by atoms with van der Waals surface area (Å²) >= 11 is 0. The molecule has 5 nitrogen and oxygen atoms in total. The average molecular weight is 340 g/mol. The average Bonchev–Trinajstić information content (AvgIpc) is 2.55. The minimum atomic E-state index is -0.0440. The number of piperidine rings is 1. The molecule has 1 aliphatic rings. The van der Waals surface area contributed by atoms with Crippen molar-refractivity contribution in [2.75, 3.05) is 32.0 Å². The van der Waals surface area contributed by atoms with Crippen molar-refractivity contribution in [1.29, 1.82) is 0 Å². The van der Waals surface area contributed by atoms with Gasteiger partial charge in [-0.25, -0.2) is 0 Å². The SMILES string of the molecule is CCC(=O)Nc1cccc(C(=O)N2CCC(CNC)CC2)c1.Cl. The highest BCUT2D eigenvalue weighted by atomic mass is 35.5. The molecular formula is C17H26ClN3O2. The first-order valence-electron chi connectivity index (χ1n) is 7.97. The highest BCUT2D eigenvalue weighted by molar-refractivity contribution is 5.97. The Morgan fingerprint density at radius 1 is 1.26 bits per heavy atom. The number of amides is 2. The van der Waals surface area contributed by atoms with Gasteiger partial charge in [-0.15, -0.1) is 12.4 Å². The van der Waals surface area contributed by atoms with Gasteiger partial charge in [0.15, 0.2) is 0 Å². The number of nitrogens with one attached hydrogen (secondary N) is 2. The van der Waals surface area contributed by atoms with Gasteiger partial charge in [-0.05, 0) is 50.6 Å². The van der Waals surface area contributed by atoms with E-state index >= 15 is 0 Å². The summed E-state index contributed by atoms with van der Waals surface area (Å²) in [5.74, 6) is 0.664. The van der Waals surface area contributed by atoms with Gasteiger partial charge in [0.1, 0.15) is 0 Å². The largest absolute Gasteiger partial charge is 0.339 e. The first kappa shape index (κ1) is 19.5. The molecule has 0 aromatic heterocycles. The Balaban J connectivity index is 0.00000264. The summed E-state index contributed by atoms with van der Waals surface area (Å²) in [6.07, 6.45) is 2.51. The number of carbonyl (C=O) groups excluding carboxylic acids is 2. The molecule has 2 amide bonds. The Kier molecular flexibility index (Phi) is 8.06. The number of halogens is 1. The van der Waals surface area contributed by atoms with Crippen molar-refractivity contribution in [2.24, 2.45) is 5.92 Å². The van der Waals surface area contributed by atoms with Gasteiger partial charge < -0.3 is 15.5 Å². The van der Waals surface area contributed by atoms with E-state index in [2.05, 4.69) is 10.6 Å². The third-order valence-electron chi connectivity index (χ3n) is 4.11.